The van der Waals surface area contributed by atoms with Crippen molar-refractivity contribution >= 4 is 5.97 Å². The van der Waals surface area contributed by atoms with Crippen LogP contribution in [0.15, 0.2) is 54.6 Å². The van der Waals surface area contributed by atoms with Gasteiger partial charge in [-0.1, -0.05) is 54.6 Å². The number of rotatable bonds is 2. The minimum atomic E-state index is -1.14. The van der Waals surface area contributed by atoms with Gasteiger partial charge in [0.15, 0.2) is 0 Å². The van der Waals surface area contributed by atoms with Gasteiger partial charge in [0.25, 0.3) is 0 Å². The monoisotopic (exact) mass is 204 g/mol. The Morgan fingerprint density at radius 3 is 1.81 bits per heavy atom. The molecule has 16 heavy (non-hydrogen) atoms. The Morgan fingerprint density at radius 1 is 0.812 bits per heavy atom. The van der Waals surface area contributed by atoms with E-state index in [2.05, 4.69) is 0 Å². The second-order valence-corrected chi connectivity index (χ2v) is 3.23. The summed E-state index contributed by atoms with van der Waals surface area (Å²) < 4.78 is 0. The van der Waals surface area contributed by atoms with Crippen molar-refractivity contribution in [2.75, 3.05) is 0 Å². The van der Waals surface area contributed by atoms with Gasteiger partial charge in [-0.15, -0.1) is 0 Å². The summed E-state index contributed by atoms with van der Waals surface area (Å²) in [5, 5.41) is 10.5. The van der Waals surface area contributed by atoms with Gasteiger partial charge in [-0.3, -0.25) is 0 Å². The van der Waals surface area contributed by atoms with E-state index in [1.54, 1.807) is 24.3 Å². The Bertz CT molecular complexity index is 463. The minimum absolute atomic E-state index is 0. The smallest absolute Gasteiger partial charge is 0.545 e. The Morgan fingerprint density at radius 2 is 1.31 bits per heavy atom. The maximum atomic E-state index is 10.5. The fraction of sp³-hybridized carbons (Fsp3) is 0. The second kappa shape index (κ2) is 5.55. The molecule has 0 N–H and O–H groups in total. The van der Waals surface area contributed by atoms with Crippen LogP contribution in [0.1, 0.15) is 10.4 Å². The maximum Gasteiger partial charge on any atom is 1.00 e. The summed E-state index contributed by atoms with van der Waals surface area (Å²) in [4.78, 5) is 10.5. The molecule has 0 heterocycles. The van der Waals surface area contributed by atoms with Crippen LogP contribution >= 0.6 is 0 Å². The number of carboxylic acids is 1. The van der Waals surface area contributed by atoms with Crippen LogP contribution in [0.3, 0.4) is 0 Å². The predicted octanol–water partition coefficient (Wildman–Crippen LogP) is -1.28. The van der Waals surface area contributed by atoms with E-state index in [4.69, 9.17) is 0 Å². The van der Waals surface area contributed by atoms with Gasteiger partial charge in [-0.25, -0.2) is 0 Å². The third-order valence-electron chi connectivity index (χ3n) is 2.23. The Hall–Kier alpha value is -1.49. The van der Waals surface area contributed by atoms with Gasteiger partial charge in [-0.2, -0.15) is 0 Å². The Labute approximate surface area is 106 Å². The van der Waals surface area contributed by atoms with E-state index in [1.165, 1.54) is 0 Å². The summed E-state index contributed by atoms with van der Waals surface area (Å²) in [6, 6.07) is 16.5. The summed E-state index contributed by atoms with van der Waals surface area (Å²) in [6.45, 7) is 0. The van der Waals surface area contributed by atoms with Crippen LogP contribution in [0, 0.1) is 0 Å². The Balaban J connectivity index is 0.00000128. The molecule has 0 amide bonds. The van der Waals surface area contributed by atoms with Gasteiger partial charge in [0, 0.05) is 0 Å². The molecule has 74 valence electrons. The van der Waals surface area contributed by atoms with Crippen molar-refractivity contribution in [1.82, 2.24) is 0 Å². The molecule has 2 aromatic rings. The molecule has 0 fully saturated rings. The van der Waals surface area contributed by atoms with Gasteiger partial charge >= 0.3 is 18.9 Å². The predicted molar refractivity (Wildman–Crippen MR) is 56.2 cm³/mol. The average Bonchev–Trinajstić information content (AvgIpc) is 2.30. The molecule has 0 unspecified atom stereocenters. The molecule has 0 bridgehead atoms. The van der Waals surface area contributed by atoms with Crippen molar-refractivity contribution in [2.24, 2.45) is 0 Å². The summed E-state index contributed by atoms with van der Waals surface area (Å²) >= 11 is 0. The topological polar surface area (TPSA) is 40.1 Å². The molecule has 0 atom stereocenters. The first-order valence-electron chi connectivity index (χ1n) is 4.64. The fourth-order valence-electron chi connectivity index (χ4n) is 1.43. The number of aromatic carboxylic acids is 1. The molecule has 0 aliphatic heterocycles. The molecule has 2 aromatic carbocycles. The van der Waals surface area contributed by atoms with Crippen molar-refractivity contribution in [3.8, 4) is 11.1 Å². The first-order chi connectivity index (χ1) is 7.27. The van der Waals surface area contributed by atoms with E-state index in [0.29, 0.717) is 0 Å². The third-order valence-corrected chi connectivity index (χ3v) is 2.23. The van der Waals surface area contributed by atoms with Crippen molar-refractivity contribution in [1.29, 1.82) is 0 Å². The van der Waals surface area contributed by atoms with E-state index in [1.807, 2.05) is 30.3 Å². The van der Waals surface area contributed by atoms with Crippen LogP contribution < -0.4 is 24.0 Å². The van der Waals surface area contributed by atoms with Crippen molar-refractivity contribution < 1.29 is 28.8 Å². The molecule has 0 saturated heterocycles. The average molecular weight is 204 g/mol. The normalized spacial score (nSPS) is 9.25. The quantitative estimate of drug-likeness (QED) is 0.572. The maximum absolute atomic E-state index is 10.5. The van der Waals surface area contributed by atoms with E-state index < -0.39 is 5.97 Å². The van der Waals surface area contributed by atoms with Crippen molar-refractivity contribution in [3.05, 3.63) is 60.2 Å². The summed E-state index contributed by atoms with van der Waals surface area (Å²) in [7, 11) is 0. The largest absolute Gasteiger partial charge is 1.00 e. The van der Waals surface area contributed by atoms with Gasteiger partial charge in [0.2, 0.25) is 0 Å². The molecule has 0 aromatic heterocycles. The molecular weight excluding hydrogens is 195 g/mol. The number of carbonyl (C=O) groups excluding carboxylic acids is 1. The molecule has 0 radical (unpaired) electrons. The molecule has 2 nitrogen and oxygen atoms in total. The zero-order valence-electron chi connectivity index (χ0n) is 9.01. The van der Waals surface area contributed by atoms with Crippen LogP contribution in [-0.4, -0.2) is 5.97 Å². The van der Waals surface area contributed by atoms with E-state index >= 15 is 0 Å². The first-order valence-corrected chi connectivity index (χ1v) is 4.64. The molecular formula is C13H9LiO2. The zero-order valence-corrected chi connectivity index (χ0v) is 9.01. The zero-order chi connectivity index (χ0) is 10.7. The number of hydrogen-bond acceptors (Lipinski definition) is 2. The minimum Gasteiger partial charge on any atom is -0.545 e. The standard InChI is InChI=1S/C13H10O2.Li/c14-13(15)12-8-6-11(7-9-12)10-4-2-1-3-5-10;/h1-9H,(H,14,15);/q;+1/p-1. The fourth-order valence-corrected chi connectivity index (χ4v) is 1.43. The molecule has 2 rings (SSSR count). The van der Waals surface area contributed by atoms with E-state index in [9.17, 15) is 9.90 Å². The van der Waals surface area contributed by atoms with E-state index in [-0.39, 0.29) is 24.4 Å². The van der Waals surface area contributed by atoms with Gasteiger partial charge in [0.1, 0.15) is 0 Å². The van der Waals surface area contributed by atoms with Crippen molar-refractivity contribution in [2.45, 2.75) is 0 Å². The molecule has 0 saturated carbocycles. The summed E-state index contributed by atoms with van der Waals surface area (Å²) in [6.07, 6.45) is 0. The van der Waals surface area contributed by atoms with Crippen LogP contribution in [0.2, 0.25) is 0 Å². The Kier molecular flexibility index (Phi) is 4.36. The van der Waals surface area contributed by atoms with Gasteiger partial charge in [0.05, 0.1) is 5.97 Å². The van der Waals surface area contributed by atoms with Gasteiger partial charge in [-0.05, 0) is 16.7 Å². The third kappa shape index (κ3) is 2.76. The van der Waals surface area contributed by atoms with Crippen LogP contribution in [0.25, 0.3) is 11.1 Å². The van der Waals surface area contributed by atoms with Crippen LogP contribution in [0.5, 0.6) is 0 Å². The van der Waals surface area contributed by atoms with Gasteiger partial charge < -0.3 is 9.90 Å². The second-order valence-electron chi connectivity index (χ2n) is 3.23. The summed E-state index contributed by atoms with van der Waals surface area (Å²) in [5.74, 6) is -1.14. The van der Waals surface area contributed by atoms with Crippen molar-refractivity contribution in [3.63, 3.8) is 0 Å². The van der Waals surface area contributed by atoms with Crippen LogP contribution in [0.4, 0.5) is 0 Å². The molecule has 3 heteroatoms. The summed E-state index contributed by atoms with van der Waals surface area (Å²) in [5.41, 5.74) is 2.28. The number of carboxylic acid groups (broad SMARTS) is 1. The number of benzene rings is 2. The molecule has 0 aliphatic carbocycles. The van der Waals surface area contributed by atoms with E-state index in [0.717, 1.165) is 11.1 Å². The molecule has 0 spiro atoms. The van der Waals surface area contributed by atoms with Crippen LogP contribution in [-0.2, 0) is 0 Å². The SMILES string of the molecule is O=C([O-])c1ccc(-c2ccccc2)cc1.[Li+]. The molecule has 0 aliphatic rings. The number of hydrogen-bond donors (Lipinski definition) is 0. The number of carbonyl (C=O) groups is 1. The first kappa shape index (κ1) is 12.6.